The summed E-state index contributed by atoms with van der Waals surface area (Å²) in [6, 6.07) is 4.77. The molecule has 0 amide bonds. The van der Waals surface area contributed by atoms with Gasteiger partial charge in [-0.25, -0.2) is 0 Å². The summed E-state index contributed by atoms with van der Waals surface area (Å²) in [5, 5.41) is 9.36. The summed E-state index contributed by atoms with van der Waals surface area (Å²) in [5.41, 5.74) is 0.277. The number of ether oxygens (including phenoxy) is 1. The van der Waals surface area contributed by atoms with Gasteiger partial charge in [0.1, 0.15) is 17.1 Å². The van der Waals surface area contributed by atoms with E-state index >= 15 is 0 Å². The molecule has 1 saturated carbocycles. The van der Waals surface area contributed by atoms with Crippen LogP contribution in [0.2, 0.25) is 0 Å². The Labute approximate surface area is 94.0 Å². The first-order valence-electron chi connectivity index (χ1n) is 5.74. The fourth-order valence-electron chi connectivity index (χ4n) is 2.78. The zero-order chi connectivity index (χ0) is 11.2. The highest BCUT2D eigenvalue weighted by Gasteiger charge is 2.42. The number of carbonyl (C=O) groups is 1. The monoisotopic (exact) mass is 218 g/mol. The summed E-state index contributed by atoms with van der Waals surface area (Å²) in [5.74, 6) is 0.855. The first kappa shape index (κ1) is 9.70. The van der Waals surface area contributed by atoms with Crippen molar-refractivity contribution in [3.8, 4) is 11.5 Å². The first-order valence-corrected chi connectivity index (χ1v) is 5.74. The highest BCUT2D eigenvalue weighted by molar-refractivity contribution is 6.00. The molecule has 3 rings (SSSR count). The number of aromatic hydroxyl groups is 1. The molecular formula is C13H14O3. The van der Waals surface area contributed by atoms with Crippen molar-refractivity contribution in [1.29, 1.82) is 0 Å². The maximum Gasteiger partial charge on any atom is 0.170 e. The number of phenolic OH excluding ortho intramolecular Hbond substituents is 1. The topological polar surface area (TPSA) is 46.5 Å². The minimum Gasteiger partial charge on any atom is -0.508 e. The largest absolute Gasteiger partial charge is 0.508 e. The SMILES string of the molecule is O=C1CC2(CCCC2)Oc2ccc(O)cc21. The van der Waals surface area contributed by atoms with Gasteiger partial charge in [0.2, 0.25) is 0 Å². The van der Waals surface area contributed by atoms with Crippen LogP contribution in [-0.2, 0) is 0 Å². The quantitative estimate of drug-likeness (QED) is 0.728. The number of carbonyl (C=O) groups excluding carboxylic acids is 1. The van der Waals surface area contributed by atoms with E-state index < -0.39 is 0 Å². The highest BCUT2D eigenvalue weighted by Crippen LogP contribution is 2.43. The number of fused-ring (bicyclic) bond motifs is 1. The van der Waals surface area contributed by atoms with Crippen molar-refractivity contribution >= 4 is 5.78 Å². The molecule has 1 aliphatic heterocycles. The van der Waals surface area contributed by atoms with Gasteiger partial charge in [0.05, 0.1) is 12.0 Å². The van der Waals surface area contributed by atoms with Crippen LogP contribution in [0.25, 0.3) is 0 Å². The Bertz CT molecular complexity index is 444. The number of rotatable bonds is 0. The molecule has 0 saturated heterocycles. The van der Waals surface area contributed by atoms with Crippen molar-refractivity contribution in [2.24, 2.45) is 0 Å². The third kappa shape index (κ3) is 1.39. The number of ketones is 1. The lowest BCUT2D eigenvalue weighted by Crippen LogP contribution is -2.39. The van der Waals surface area contributed by atoms with Crippen molar-refractivity contribution in [2.45, 2.75) is 37.7 Å². The molecule has 1 aliphatic carbocycles. The zero-order valence-electron chi connectivity index (χ0n) is 9.03. The van der Waals surface area contributed by atoms with Gasteiger partial charge in [-0.15, -0.1) is 0 Å². The Kier molecular flexibility index (Phi) is 1.96. The molecule has 1 aromatic rings. The maximum atomic E-state index is 12.0. The molecule has 1 fully saturated rings. The third-order valence-corrected chi connectivity index (χ3v) is 3.59. The molecule has 2 aliphatic rings. The van der Waals surface area contributed by atoms with Crippen LogP contribution in [0, 0.1) is 0 Å². The molecule has 3 nitrogen and oxygen atoms in total. The summed E-state index contributed by atoms with van der Waals surface area (Å²) in [7, 11) is 0. The van der Waals surface area contributed by atoms with E-state index in [1.807, 2.05) is 0 Å². The molecule has 0 radical (unpaired) electrons. The molecule has 0 aromatic heterocycles. The van der Waals surface area contributed by atoms with Crippen molar-refractivity contribution < 1.29 is 14.6 Å². The van der Waals surface area contributed by atoms with E-state index in [2.05, 4.69) is 0 Å². The number of phenols is 1. The average molecular weight is 218 g/mol. The lowest BCUT2D eigenvalue weighted by molar-refractivity contribution is 0.0449. The minimum absolute atomic E-state index is 0.0963. The fourth-order valence-corrected chi connectivity index (χ4v) is 2.78. The summed E-state index contributed by atoms with van der Waals surface area (Å²) in [4.78, 5) is 12.0. The molecule has 0 bridgehead atoms. The van der Waals surface area contributed by atoms with E-state index in [9.17, 15) is 9.90 Å². The molecule has 84 valence electrons. The fraction of sp³-hybridized carbons (Fsp3) is 0.462. The molecule has 1 heterocycles. The molecule has 1 spiro atoms. The van der Waals surface area contributed by atoms with Crippen LogP contribution in [0.5, 0.6) is 11.5 Å². The van der Waals surface area contributed by atoms with Gasteiger partial charge in [0, 0.05) is 0 Å². The summed E-state index contributed by atoms with van der Waals surface area (Å²) in [6.45, 7) is 0. The molecule has 16 heavy (non-hydrogen) atoms. The molecular weight excluding hydrogens is 204 g/mol. The van der Waals surface area contributed by atoms with Crippen molar-refractivity contribution in [3.05, 3.63) is 23.8 Å². The van der Waals surface area contributed by atoms with Gasteiger partial charge in [0.15, 0.2) is 5.78 Å². The Hall–Kier alpha value is -1.51. The summed E-state index contributed by atoms with van der Waals surface area (Å²) < 4.78 is 5.97. The predicted molar refractivity (Wildman–Crippen MR) is 58.9 cm³/mol. The Morgan fingerprint density at radius 2 is 2.00 bits per heavy atom. The number of hydrogen-bond acceptors (Lipinski definition) is 3. The van der Waals surface area contributed by atoms with Crippen molar-refractivity contribution in [2.75, 3.05) is 0 Å². The van der Waals surface area contributed by atoms with E-state index in [4.69, 9.17) is 4.74 Å². The molecule has 1 aromatic carbocycles. The van der Waals surface area contributed by atoms with Gasteiger partial charge in [0.25, 0.3) is 0 Å². The van der Waals surface area contributed by atoms with Crippen LogP contribution in [-0.4, -0.2) is 16.5 Å². The van der Waals surface area contributed by atoms with Gasteiger partial charge < -0.3 is 9.84 Å². The van der Waals surface area contributed by atoms with E-state index in [1.165, 1.54) is 6.07 Å². The average Bonchev–Trinajstić information content (AvgIpc) is 2.68. The zero-order valence-corrected chi connectivity index (χ0v) is 9.03. The van der Waals surface area contributed by atoms with E-state index in [-0.39, 0.29) is 17.1 Å². The van der Waals surface area contributed by atoms with Crippen LogP contribution in [0.15, 0.2) is 18.2 Å². The number of benzene rings is 1. The van der Waals surface area contributed by atoms with Crippen LogP contribution in [0.4, 0.5) is 0 Å². The van der Waals surface area contributed by atoms with Gasteiger partial charge in [-0.05, 0) is 43.9 Å². The van der Waals surface area contributed by atoms with Gasteiger partial charge in [-0.3, -0.25) is 4.79 Å². The van der Waals surface area contributed by atoms with Crippen LogP contribution < -0.4 is 4.74 Å². The van der Waals surface area contributed by atoms with Gasteiger partial charge in [-0.1, -0.05) is 0 Å². The van der Waals surface area contributed by atoms with Crippen LogP contribution in [0.1, 0.15) is 42.5 Å². The second-order valence-electron chi connectivity index (χ2n) is 4.77. The van der Waals surface area contributed by atoms with E-state index in [0.29, 0.717) is 17.7 Å². The lowest BCUT2D eigenvalue weighted by atomic mass is 9.88. The van der Waals surface area contributed by atoms with Crippen LogP contribution >= 0.6 is 0 Å². The summed E-state index contributed by atoms with van der Waals surface area (Å²) >= 11 is 0. The molecule has 1 N–H and O–H groups in total. The normalized spacial score (nSPS) is 21.9. The van der Waals surface area contributed by atoms with E-state index in [1.54, 1.807) is 12.1 Å². The highest BCUT2D eigenvalue weighted by atomic mass is 16.5. The Balaban J connectivity index is 2.02. The number of Topliss-reactive ketones (excluding diaryl/α,β-unsaturated/α-hetero) is 1. The number of hydrogen-bond donors (Lipinski definition) is 1. The van der Waals surface area contributed by atoms with Crippen molar-refractivity contribution in [3.63, 3.8) is 0 Å². The maximum absolute atomic E-state index is 12.0. The minimum atomic E-state index is -0.249. The Morgan fingerprint density at radius 3 is 2.75 bits per heavy atom. The van der Waals surface area contributed by atoms with Crippen molar-refractivity contribution in [1.82, 2.24) is 0 Å². The molecule has 0 unspecified atom stereocenters. The van der Waals surface area contributed by atoms with E-state index in [0.717, 1.165) is 25.7 Å². The van der Waals surface area contributed by atoms with Crippen LogP contribution in [0.3, 0.4) is 0 Å². The molecule has 0 atom stereocenters. The third-order valence-electron chi connectivity index (χ3n) is 3.59. The predicted octanol–water partition coefficient (Wildman–Crippen LogP) is 2.67. The summed E-state index contributed by atoms with van der Waals surface area (Å²) in [6.07, 6.45) is 4.68. The standard InChI is InChI=1S/C13H14O3/c14-9-3-4-12-10(7-9)11(15)8-13(16-12)5-1-2-6-13/h3-4,7,14H,1-2,5-6,8H2. The van der Waals surface area contributed by atoms with Gasteiger partial charge in [-0.2, -0.15) is 0 Å². The smallest absolute Gasteiger partial charge is 0.170 e. The second-order valence-corrected chi connectivity index (χ2v) is 4.77. The molecule has 3 heteroatoms. The van der Waals surface area contributed by atoms with Gasteiger partial charge >= 0.3 is 0 Å². The first-order chi connectivity index (χ1) is 7.69. The Morgan fingerprint density at radius 1 is 1.25 bits per heavy atom. The second kappa shape index (κ2) is 3.24. The lowest BCUT2D eigenvalue weighted by Gasteiger charge is -2.34.